The van der Waals surface area contributed by atoms with Crippen molar-refractivity contribution in [2.75, 3.05) is 13.1 Å². The van der Waals surface area contributed by atoms with Crippen LogP contribution in [0.2, 0.25) is 0 Å². The van der Waals surface area contributed by atoms with E-state index in [-0.39, 0.29) is 0 Å². The summed E-state index contributed by atoms with van der Waals surface area (Å²) in [6, 6.07) is 0. The Morgan fingerprint density at radius 3 is 1.62 bits per heavy atom. The summed E-state index contributed by atoms with van der Waals surface area (Å²) in [6.45, 7) is 5.72. The molecular formula is C12H26NO2S-. The first-order chi connectivity index (χ1) is 7.72. The third-order valence-corrected chi connectivity index (χ3v) is 3.52. The fourth-order valence-corrected chi connectivity index (χ4v) is 2.25. The maximum absolute atomic E-state index is 11.0. The second-order valence-corrected chi connectivity index (χ2v) is 5.22. The van der Waals surface area contributed by atoms with Crippen LogP contribution < -0.4 is 0 Å². The van der Waals surface area contributed by atoms with Crippen LogP contribution in [0.1, 0.15) is 65.2 Å². The molecule has 0 aromatic heterocycles. The molecule has 0 aliphatic carbocycles. The lowest BCUT2D eigenvalue weighted by Gasteiger charge is -2.24. The monoisotopic (exact) mass is 248 g/mol. The first-order valence-corrected chi connectivity index (χ1v) is 7.59. The number of hydrogen-bond acceptors (Lipinski definition) is 2. The van der Waals surface area contributed by atoms with Crippen LogP contribution in [0.15, 0.2) is 0 Å². The van der Waals surface area contributed by atoms with Crippen molar-refractivity contribution in [1.82, 2.24) is 4.31 Å². The van der Waals surface area contributed by atoms with Gasteiger partial charge in [-0.05, 0) is 12.8 Å². The van der Waals surface area contributed by atoms with E-state index < -0.39 is 11.3 Å². The lowest BCUT2D eigenvalue weighted by atomic mass is 10.2. The van der Waals surface area contributed by atoms with E-state index in [0.29, 0.717) is 13.1 Å². The van der Waals surface area contributed by atoms with Gasteiger partial charge in [-0.25, -0.2) is 4.31 Å². The molecule has 1 atom stereocenters. The first-order valence-electron chi connectivity index (χ1n) is 6.56. The fraction of sp³-hybridized carbons (Fsp3) is 1.00. The quantitative estimate of drug-likeness (QED) is 0.416. The summed E-state index contributed by atoms with van der Waals surface area (Å²) in [4.78, 5) is 0. The van der Waals surface area contributed by atoms with Gasteiger partial charge >= 0.3 is 0 Å². The van der Waals surface area contributed by atoms with Gasteiger partial charge in [-0.2, -0.15) is 0 Å². The van der Waals surface area contributed by atoms with Gasteiger partial charge in [-0.3, -0.25) is 4.21 Å². The van der Waals surface area contributed by atoms with Crippen LogP contribution in [0.4, 0.5) is 0 Å². The van der Waals surface area contributed by atoms with Gasteiger partial charge in [0, 0.05) is 24.4 Å². The van der Waals surface area contributed by atoms with E-state index >= 15 is 0 Å². The van der Waals surface area contributed by atoms with Crippen LogP contribution >= 0.6 is 0 Å². The Hall–Kier alpha value is 0.0700. The molecule has 4 heteroatoms. The van der Waals surface area contributed by atoms with Gasteiger partial charge in [-0.1, -0.05) is 52.4 Å². The van der Waals surface area contributed by atoms with Gasteiger partial charge in [0.05, 0.1) is 0 Å². The average molecular weight is 248 g/mol. The van der Waals surface area contributed by atoms with Crippen molar-refractivity contribution >= 4 is 11.3 Å². The summed E-state index contributed by atoms with van der Waals surface area (Å²) in [5, 5.41) is 0. The van der Waals surface area contributed by atoms with Crippen molar-refractivity contribution in [3.05, 3.63) is 0 Å². The van der Waals surface area contributed by atoms with Gasteiger partial charge in [0.2, 0.25) is 0 Å². The van der Waals surface area contributed by atoms with Crippen molar-refractivity contribution in [3.8, 4) is 0 Å². The molecule has 16 heavy (non-hydrogen) atoms. The van der Waals surface area contributed by atoms with Gasteiger partial charge in [0.15, 0.2) is 0 Å². The minimum Gasteiger partial charge on any atom is -0.760 e. The maximum atomic E-state index is 11.0. The fourth-order valence-electron chi connectivity index (χ4n) is 1.69. The third kappa shape index (κ3) is 9.31. The molecule has 0 heterocycles. The van der Waals surface area contributed by atoms with E-state index in [1.165, 1.54) is 25.7 Å². The van der Waals surface area contributed by atoms with E-state index in [1.54, 1.807) is 4.31 Å². The highest BCUT2D eigenvalue weighted by molar-refractivity contribution is 7.76. The minimum atomic E-state index is -2.03. The van der Waals surface area contributed by atoms with Crippen molar-refractivity contribution in [3.63, 3.8) is 0 Å². The Morgan fingerprint density at radius 1 is 0.875 bits per heavy atom. The van der Waals surface area contributed by atoms with Crippen molar-refractivity contribution < 1.29 is 8.76 Å². The first kappa shape index (κ1) is 16.1. The van der Waals surface area contributed by atoms with Crippen LogP contribution in [0.25, 0.3) is 0 Å². The molecular weight excluding hydrogens is 222 g/mol. The summed E-state index contributed by atoms with van der Waals surface area (Å²) in [5.74, 6) is 0. The minimum absolute atomic E-state index is 0.697. The van der Waals surface area contributed by atoms with Gasteiger partial charge in [0.1, 0.15) is 0 Å². The second-order valence-electron chi connectivity index (χ2n) is 4.27. The SMILES string of the molecule is CCCCCCN(CCCCCC)S(=O)[O-]. The molecule has 0 aliphatic rings. The lowest BCUT2D eigenvalue weighted by Crippen LogP contribution is -2.28. The standard InChI is InChI=1S/C12H27NO2S/c1-3-5-7-9-11-13(16(14)15)12-10-8-6-4-2/h3-12H2,1-2H3,(H,14,15)/p-1. The summed E-state index contributed by atoms with van der Waals surface area (Å²) < 4.78 is 23.5. The topological polar surface area (TPSA) is 43.4 Å². The van der Waals surface area contributed by atoms with Gasteiger partial charge in [0.25, 0.3) is 0 Å². The van der Waals surface area contributed by atoms with E-state index in [2.05, 4.69) is 13.8 Å². The van der Waals surface area contributed by atoms with E-state index in [4.69, 9.17) is 0 Å². The van der Waals surface area contributed by atoms with Crippen molar-refractivity contribution in [2.24, 2.45) is 0 Å². The third-order valence-electron chi connectivity index (χ3n) is 2.73. The maximum Gasteiger partial charge on any atom is 0.0209 e. The Bertz CT molecular complexity index is 164. The van der Waals surface area contributed by atoms with Gasteiger partial charge < -0.3 is 4.55 Å². The van der Waals surface area contributed by atoms with E-state index in [0.717, 1.165) is 25.7 Å². The average Bonchev–Trinajstić information content (AvgIpc) is 2.26. The lowest BCUT2D eigenvalue weighted by molar-refractivity contribution is 0.368. The smallest absolute Gasteiger partial charge is 0.0209 e. The Morgan fingerprint density at radius 2 is 1.31 bits per heavy atom. The number of unbranched alkanes of at least 4 members (excludes halogenated alkanes) is 6. The molecule has 0 spiro atoms. The van der Waals surface area contributed by atoms with E-state index in [9.17, 15) is 8.76 Å². The van der Waals surface area contributed by atoms with E-state index in [1.807, 2.05) is 0 Å². The Labute approximate surface area is 103 Å². The highest BCUT2D eigenvalue weighted by Crippen LogP contribution is 2.06. The molecule has 0 bridgehead atoms. The van der Waals surface area contributed by atoms with Crippen LogP contribution in [-0.4, -0.2) is 26.2 Å². The highest BCUT2D eigenvalue weighted by atomic mass is 32.2. The molecule has 0 N–H and O–H groups in total. The highest BCUT2D eigenvalue weighted by Gasteiger charge is 2.04. The molecule has 0 aromatic rings. The van der Waals surface area contributed by atoms with Crippen LogP contribution in [0.5, 0.6) is 0 Å². The number of rotatable bonds is 11. The summed E-state index contributed by atoms with van der Waals surface area (Å²) in [7, 11) is 0. The van der Waals surface area contributed by atoms with Gasteiger partial charge in [-0.15, -0.1) is 0 Å². The molecule has 0 fully saturated rings. The Balaban J connectivity index is 3.59. The van der Waals surface area contributed by atoms with Crippen LogP contribution in [-0.2, 0) is 11.3 Å². The Kier molecular flexibility index (Phi) is 11.6. The molecule has 0 aliphatic heterocycles. The van der Waals surface area contributed by atoms with Crippen LogP contribution in [0, 0.1) is 0 Å². The van der Waals surface area contributed by atoms with Crippen molar-refractivity contribution in [2.45, 2.75) is 65.2 Å². The molecule has 0 radical (unpaired) electrons. The number of hydrogen-bond donors (Lipinski definition) is 0. The molecule has 3 nitrogen and oxygen atoms in total. The molecule has 0 amide bonds. The molecule has 1 unspecified atom stereocenters. The summed E-state index contributed by atoms with van der Waals surface area (Å²) in [5.41, 5.74) is 0. The predicted molar refractivity (Wildman–Crippen MR) is 68.8 cm³/mol. The largest absolute Gasteiger partial charge is 0.760 e. The zero-order valence-electron chi connectivity index (χ0n) is 10.7. The summed E-state index contributed by atoms with van der Waals surface area (Å²) in [6.07, 6.45) is 9.06. The summed E-state index contributed by atoms with van der Waals surface area (Å²) >= 11 is -2.03. The molecule has 0 aromatic carbocycles. The zero-order chi connectivity index (χ0) is 12.2. The normalized spacial score (nSPS) is 13.2. The molecule has 98 valence electrons. The van der Waals surface area contributed by atoms with Crippen LogP contribution in [0.3, 0.4) is 0 Å². The molecule has 0 rings (SSSR count). The molecule has 0 saturated heterocycles. The predicted octanol–water partition coefficient (Wildman–Crippen LogP) is 3.24. The second kappa shape index (κ2) is 11.6. The zero-order valence-corrected chi connectivity index (χ0v) is 11.6. The molecule has 0 saturated carbocycles. The van der Waals surface area contributed by atoms with Crippen molar-refractivity contribution in [1.29, 1.82) is 0 Å². The number of nitrogens with zero attached hydrogens (tertiary/aromatic N) is 1.